The minimum Gasteiger partial charge on any atom is -0.480 e. The molecule has 174 valence electrons. The lowest BCUT2D eigenvalue weighted by Crippen LogP contribution is -2.43. The summed E-state index contributed by atoms with van der Waals surface area (Å²) in [5.74, 6) is -3.43. The van der Waals surface area contributed by atoms with E-state index < -0.39 is 41.8 Å². The zero-order valence-corrected chi connectivity index (χ0v) is 18.5. The zero-order chi connectivity index (χ0) is 24.8. The molecule has 1 atom stereocenters. The number of amides is 2. The van der Waals surface area contributed by atoms with Gasteiger partial charge in [-0.3, -0.25) is 19.8 Å². The second-order valence-corrected chi connectivity index (χ2v) is 8.18. The van der Waals surface area contributed by atoms with Gasteiger partial charge in [-0.25, -0.2) is 4.79 Å². The molecule has 2 aromatic carbocycles. The van der Waals surface area contributed by atoms with Crippen molar-refractivity contribution in [3.05, 3.63) is 65.2 Å². The van der Waals surface area contributed by atoms with Crippen LogP contribution in [0.25, 0.3) is 0 Å². The first-order chi connectivity index (χ1) is 15.4. The molecule has 33 heavy (non-hydrogen) atoms. The first-order valence-electron chi connectivity index (χ1n) is 9.97. The second kappa shape index (κ2) is 10.4. The molecule has 10 heteroatoms. The number of nitrogens with one attached hydrogen (secondary N) is 3. The third-order valence-electron chi connectivity index (χ3n) is 4.23. The van der Waals surface area contributed by atoms with Gasteiger partial charge >= 0.3 is 11.9 Å². The van der Waals surface area contributed by atoms with Crippen molar-refractivity contribution in [1.82, 2.24) is 5.32 Å². The van der Waals surface area contributed by atoms with Gasteiger partial charge in [-0.1, -0.05) is 18.2 Å². The molecule has 0 saturated carbocycles. The van der Waals surface area contributed by atoms with Crippen molar-refractivity contribution in [3.8, 4) is 0 Å². The van der Waals surface area contributed by atoms with E-state index >= 15 is 0 Å². The summed E-state index contributed by atoms with van der Waals surface area (Å²) in [6.45, 7) is 4.95. The molecule has 0 fully saturated rings. The first-order valence-corrected chi connectivity index (χ1v) is 9.97. The summed E-state index contributed by atoms with van der Waals surface area (Å²) in [6.07, 6.45) is -0.537. The Morgan fingerprint density at radius 1 is 1.00 bits per heavy atom. The van der Waals surface area contributed by atoms with Crippen molar-refractivity contribution >= 4 is 35.3 Å². The third kappa shape index (κ3) is 7.76. The summed E-state index contributed by atoms with van der Waals surface area (Å²) in [4.78, 5) is 48.5. The van der Waals surface area contributed by atoms with Crippen LogP contribution < -0.4 is 16.4 Å². The second-order valence-electron chi connectivity index (χ2n) is 8.18. The Kier molecular flexibility index (Phi) is 7.90. The summed E-state index contributed by atoms with van der Waals surface area (Å²) < 4.78 is 5.11. The summed E-state index contributed by atoms with van der Waals surface area (Å²) in [7, 11) is 0. The van der Waals surface area contributed by atoms with Crippen LogP contribution in [-0.2, 0) is 14.3 Å². The number of rotatable bonds is 8. The molecule has 0 saturated heterocycles. The van der Waals surface area contributed by atoms with Gasteiger partial charge in [0, 0.05) is 22.4 Å². The summed E-state index contributed by atoms with van der Waals surface area (Å²) in [5.41, 5.74) is 5.80. The van der Waals surface area contributed by atoms with E-state index in [9.17, 15) is 24.3 Å². The highest BCUT2D eigenvalue weighted by atomic mass is 16.6. The van der Waals surface area contributed by atoms with E-state index in [0.717, 1.165) is 0 Å². The van der Waals surface area contributed by atoms with E-state index in [4.69, 9.17) is 15.9 Å². The number of carboxylic acids is 1. The van der Waals surface area contributed by atoms with E-state index in [2.05, 4.69) is 10.6 Å². The Hall–Kier alpha value is -4.21. The van der Waals surface area contributed by atoms with Crippen LogP contribution >= 0.6 is 0 Å². The Balaban J connectivity index is 2.08. The average Bonchev–Trinajstić information content (AvgIpc) is 2.72. The molecule has 0 heterocycles. The number of carbonyl (C=O) groups excluding carboxylic acids is 3. The monoisotopic (exact) mass is 454 g/mol. The quantitative estimate of drug-likeness (QED) is 0.231. The lowest BCUT2D eigenvalue weighted by atomic mass is 10.1. The van der Waals surface area contributed by atoms with Gasteiger partial charge in [0.05, 0.1) is 6.42 Å². The molecule has 2 aromatic rings. The van der Waals surface area contributed by atoms with Crippen molar-refractivity contribution in [3.63, 3.8) is 0 Å². The van der Waals surface area contributed by atoms with Crippen molar-refractivity contribution in [2.24, 2.45) is 5.73 Å². The Morgan fingerprint density at radius 2 is 1.61 bits per heavy atom. The molecule has 0 aromatic heterocycles. The van der Waals surface area contributed by atoms with E-state index in [1.54, 1.807) is 26.8 Å². The van der Waals surface area contributed by atoms with Gasteiger partial charge in [0.2, 0.25) is 0 Å². The largest absolute Gasteiger partial charge is 0.480 e. The zero-order valence-electron chi connectivity index (χ0n) is 18.5. The Labute approximate surface area is 190 Å². The van der Waals surface area contributed by atoms with Crippen LogP contribution in [0.5, 0.6) is 0 Å². The predicted molar refractivity (Wildman–Crippen MR) is 121 cm³/mol. The van der Waals surface area contributed by atoms with Crippen LogP contribution in [0.2, 0.25) is 0 Å². The molecule has 0 aliphatic rings. The maximum atomic E-state index is 12.6. The lowest BCUT2D eigenvalue weighted by Gasteiger charge is -2.21. The number of esters is 1. The molecular weight excluding hydrogens is 428 g/mol. The number of hydrogen-bond donors (Lipinski definition) is 5. The molecule has 6 N–H and O–H groups in total. The fourth-order valence-corrected chi connectivity index (χ4v) is 2.73. The maximum absolute atomic E-state index is 12.6. The highest BCUT2D eigenvalue weighted by Gasteiger charge is 2.27. The molecule has 10 nitrogen and oxygen atoms in total. The number of hydrogen-bond acceptors (Lipinski definition) is 6. The van der Waals surface area contributed by atoms with Crippen molar-refractivity contribution < 1.29 is 29.0 Å². The molecule has 0 spiro atoms. The molecule has 0 aliphatic carbocycles. The third-order valence-corrected chi connectivity index (χ3v) is 4.23. The number of aliphatic carboxylic acids is 1. The maximum Gasteiger partial charge on any atom is 0.326 e. The minimum absolute atomic E-state index is 0.0927. The molecule has 0 bridgehead atoms. The standard InChI is InChI=1S/C23H26N4O6/c1-23(2,3)33-18(28)12-17(22(31)32)27-21(30)15-5-4-6-16(11-15)26-20(29)14-9-7-13(8-10-14)19(24)25/h4-11,17H,12H2,1-3H3,(H3,24,25)(H,26,29)(H,27,30)(H,31,32)/t17-/m0/s1. The van der Waals surface area contributed by atoms with Crippen molar-refractivity contribution in [2.45, 2.75) is 38.8 Å². The fourth-order valence-electron chi connectivity index (χ4n) is 2.73. The lowest BCUT2D eigenvalue weighted by molar-refractivity contribution is -0.158. The number of carbonyl (C=O) groups is 4. The highest BCUT2D eigenvalue weighted by Crippen LogP contribution is 2.14. The molecular formula is C23H26N4O6. The number of nitrogens with two attached hydrogens (primary N) is 1. The van der Waals surface area contributed by atoms with Gasteiger partial charge in [0.25, 0.3) is 11.8 Å². The normalized spacial score (nSPS) is 11.7. The fraction of sp³-hybridized carbons (Fsp3) is 0.261. The molecule has 0 radical (unpaired) electrons. The van der Waals surface area contributed by atoms with Crippen molar-refractivity contribution in [1.29, 1.82) is 5.41 Å². The van der Waals surface area contributed by atoms with Crippen LogP contribution in [0.1, 0.15) is 53.5 Å². The van der Waals surface area contributed by atoms with Crippen LogP contribution in [0.4, 0.5) is 5.69 Å². The number of anilines is 1. The van der Waals surface area contributed by atoms with E-state index in [1.807, 2.05) is 0 Å². The van der Waals surface area contributed by atoms with Crippen LogP contribution in [-0.4, -0.2) is 46.3 Å². The Morgan fingerprint density at radius 3 is 2.15 bits per heavy atom. The smallest absolute Gasteiger partial charge is 0.326 e. The first kappa shape index (κ1) is 25.1. The van der Waals surface area contributed by atoms with E-state index in [0.29, 0.717) is 16.8 Å². The van der Waals surface area contributed by atoms with Gasteiger partial charge < -0.3 is 26.2 Å². The van der Waals surface area contributed by atoms with Gasteiger partial charge in [-0.2, -0.15) is 0 Å². The van der Waals surface area contributed by atoms with Gasteiger partial charge in [0.15, 0.2) is 0 Å². The average molecular weight is 454 g/mol. The molecule has 2 amide bonds. The number of ether oxygens (including phenoxy) is 1. The minimum atomic E-state index is -1.48. The van der Waals surface area contributed by atoms with Gasteiger partial charge in [-0.05, 0) is 51.1 Å². The number of benzene rings is 2. The van der Waals surface area contributed by atoms with Crippen LogP contribution in [0, 0.1) is 5.41 Å². The van der Waals surface area contributed by atoms with Gasteiger partial charge in [-0.15, -0.1) is 0 Å². The highest BCUT2D eigenvalue weighted by molar-refractivity contribution is 6.06. The Bertz CT molecular complexity index is 1070. The number of carboxylic acid groups (broad SMARTS) is 1. The number of amidine groups is 1. The van der Waals surface area contributed by atoms with E-state index in [1.165, 1.54) is 42.5 Å². The summed E-state index contributed by atoms with van der Waals surface area (Å²) >= 11 is 0. The topological polar surface area (TPSA) is 172 Å². The summed E-state index contributed by atoms with van der Waals surface area (Å²) in [5, 5.41) is 21.7. The van der Waals surface area contributed by atoms with Gasteiger partial charge in [0.1, 0.15) is 17.5 Å². The predicted octanol–water partition coefficient (Wildman–Crippen LogP) is 2.14. The molecule has 2 rings (SSSR count). The summed E-state index contributed by atoms with van der Waals surface area (Å²) in [6, 6.07) is 10.5. The molecule has 0 aliphatic heterocycles. The molecule has 0 unspecified atom stereocenters. The van der Waals surface area contributed by atoms with Crippen molar-refractivity contribution in [2.75, 3.05) is 5.32 Å². The van der Waals surface area contributed by atoms with Crippen LogP contribution in [0.15, 0.2) is 48.5 Å². The van der Waals surface area contributed by atoms with E-state index in [-0.39, 0.29) is 11.4 Å². The number of nitrogen functional groups attached to an aromatic ring is 1. The SMILES string of the molecule is CC(C)(C)OC(=O)C[C@H](NC(=O)c1cccc(NC(=O)c2ccc(C(=N)N)cc2)c1)C(=O)O. The van der Waals surface area contributed by atoms with Crippen LogP contribution in [0.3, 0.4) is 0 Å².